The molecule has 0 fully saturated rings. The van der Waals surface area contributed by atoms with E-state index >= 15 is 0 Å². The quantitative estimate of drug-likeness (QED) is 0.288. The van der Waals surface area contributed by atoms with Gasteiger partial charge in [0, 0.05) is 0 Å². The first-order chi connectivity index (χ1) is 3.25. The van der Waals surface area contributed by atoms with Crippen LogP contribution in [-0.4, -0.2) is 56.2 Å². The van der Waals surface area contributed by atoms with Gasteiger partial charge in [-0.15, -0.1) is 0 Å². The van der Waals surface area contributed by atoms with Gasteiger partial charge in [0.25, 0.3) is 0 Å². The molecule has 3 nitrogen and oxygen atoms in total. The Bertz CT molecular complexity index is 171. The molecule has 0 rings (SSSR count). The van der Waals surface area contributed by atoms with Crippen LogP contribution in [0.25, 0.3) is 0 Å². The second kappa shape index (κ2) is 4.71. The van der Waals surface area contributed by atoms with E-state index in [1.54, 1.807) is 0 Å². The molecule has 0 aliphatic carbocycles. The van der Waals surface area contributed by atoms with Crippen molar-refractivity contribution < 1.29 is 26.1 Å². The van der Waals surface area contributed by atoms with Crippen LogP contribution in [0.15, 0.2) is 0 Å². The fourth-order valence-electron chi connectivity index (χ4n) is 0. The van der Waals surface area contributed by atoms with Crippen LogP contribution in [0, 0.1) is 0 Å². The molecule has 0 radical (unpaired) electrons. The fraction of sp³-hybridized carbons (Fsp3) is 1.00. The molecule has 54 valence electrons. The summed E-state index contributed by atoms with van der Waals surface area (Å²) in [6.07, 6.45) is 0. The molecule has 0 aromatic rings. The summed E-state index contributed by atoms with van der Waals surface area (Å²) in [6, 6.07) is 0. The Morgan fingerprint density at radius 2 is 1.20 bits per heavy atom. The third-order valence-electron chi connectivity index (χ3n) is 0.292. The van der Waals surface area contributed by atoms with Crippen LogP contribution in [0.5, 0.6) is 0 Å². The van der Waals surface area contributed by atoms with E-state index in [1.165, 1.54) is 0 Å². The second-order valence-corrected chi connectivity index (χ2v) is 2.33. The maximum atomic E-state index is 10.7. The van der Waals surface area contributed by atoms with Gasteiger partial charge in [-0.2, -0.15) is 21.6 Å². The second-order valence-electron chi connectivity index (χ2n) is 0.921. The van der Waals surface area contributed by atoms with E-state index in [-0.39, 0.29) is 37.7 Å². The number of alkyl halides is 3. The van der Waals surface area contributed by atoms with Crippen molar-refractivity contribution in [3.8, 4) is 0 Å². The summed E-state index contributed by atoms with van der Waals surface area (Å²) in [5, 5.41) is 0. The van der Waals surface area contributed by atoms with Crippen LogP contribution in [0.2, 0.25) is 0 Å². The van der Waals surface area contributed by atoms with Gasteiger partial charge in [0.15, 0.2) is 0 Å². The van der Waals surface area contributed by atoms with Gasteiger partial charge in [0.2, 0.25) is 0 Å². The van der Waals surface area contributed by atoms with Crippen LogP contribution in [0.1, 0.15) is 0 Å². The molecule has 10 heavy (non-hydrogen) atoms. The minimum absolute atomic E-state index is 0. The van der Waals surface area contributed by atoms with E-state index in [1.807, 2.05) is 0 Å². The van der Waals surface area contributed by atoms with E-state index in [0.717, 1.165) is 0 Å². The van der Waals surface area contributed by atoms with Crippen LogP contribution in [-0.2, 0) is 10.1 Å². The molecule has 0 saturated heterocycles. The molecule has 0 atom stereocenters. The van der Waals surface area contributed by atoms with E-state index in [9.17, 15) is 13.2 Å². The summed E-state index contributed by atoms with van der Waals surface area (Å²) in [6.45, 7) is 0. The summed E-state index contributed by atoms with van der Waals surface area (Å²) in [5.41, 5.74) is -5.53. The van der Waals surface area contributed by atoms with Crippen molar-refractivity contribution in [3.63, 3.8) is 0 Å². The Morgan fingerprint density at radius 3 is 1.20 bits per heavy atom. The average molecular weight is 166 g/mol. The number of hydrogen-bond acceptors (Lipinski definition) is 2. The monoisotopic (exact) mass is 166 g/mol. The Morgan fingerprint density at radius 1 is 1.10 bits per heavy atom. The summed E-state index contributed by atoms with van der Waals surface area (Å²) in [7, 11) is -5.84. The number of hydrogen-bond donors (Lipinski definition) is 1. The summed E-state index contributed by atoms with van der Waals surface area (Å²) in [4.78, 5) is 0. The molecule has 0 heterocycles. The third kappa shape index (κ3) is 5.66. The zero-order valence-electron chi connectivity index (χ0n) is 3.31. The molecule has 0 aromatic carbocycles. The van der Waals surface area contributed by atoms with Crippen molar-refractivity contribution in [2.75, 3.05) is 0 Å². The topological polar surface area (TPSA) is 54.4 Å². The molecular formula is CH3F3Li2O3S. The van der Waals surface area contributed by atoms with Gasteiger partial charge in [-0.3, -0.25) is 4.55 Å². The third-order valence-corrected chi connectivity index (χ3v) is 0.877. The van der Waals surface area contributed by atoms with Gasteiger partial charge in [-0.25, -0.2) is 0 Å². The molecule has 0 aromatic heterocycles. The number of halogens is 3. The zero-order valence-corrected chi connectivity index (χ0v) is 4.12. The van der Waals surface area contributed by atoms with Crippen LogP contribution < -0.4 is 0 Å². The fourth-order valence-corrected chi connectivity index (χ4v) is 0. The summed E-state index contributed by atoms with van der Waals surface area (Å²) < 4.78 is 57.5. The van der Waals surface area contributed by atoms with Crippen molar-refractivity contribution in [2.45, 2.75) is 5.51 Å². The van der Waals surface area contributed by atoms with Crippen molar-refractivity contribution >= 4 is 47.8 Å². The van der Waals surface area contributed by atoms with E-state index in [0.29, 0.717) is 0 Å². The molecule has 9 heteroatoms. The summed E-state index contributed by atoms with van der Waals surface area (Å²) in [5.74, 6) is 0. The van der Waals surface area contributed by atoms with Gasteiger partial charge in [-0.1, -0.05) is 0 Å². The number of rotatable bonds is 0. The average Bonchev–Trinajstić information content (AvgIpc) is 1.25. The first kappa shape index (κ1) is 17.1. The first-order valence-corrected chi connectivity index (χ1v) is 2.73. The van der Waals surface area contributed by atoms with E-state index in [2.05, 4.69) is 0 Å². The Hall–Kier alpha value is 0.895. The zero-order chi connectivity index (χ0) is 7.00. The van der Waals surface area contributed by atoms with E-state index in [4.69, 9.17) is 13.0 Å². The molecule has 0 aliphatic heterocycles. The van der Waals surface area contributed by atoms with E-state index < -0.39 is 15.6 Å². The Kier molecular flexibility index (Phi) is 8.06. The van der Waals surface area contributed by atoms with Crippen LogP contribution >= 0.6 is 0 Å². The van der Waals surface area contributed by atoms with Gasteiger partial charge < -0.3 is 0 Å². The van der Waals surface area contributed by atoms with Gasteiger partial charge >= 0.3 is 53.3 Å². The normalized spacial score (nSPS) is 11.2. The maximum absolute atomic E-state index is 10.7. The Balaban J connectivity index is -0.000000245. The Labute approximate surface area is 79.5 Å². The van der Waals surface area contributed by atoms with Crippen LogP contribution in [0.4, 0.5) is 13.2 Å². The van der Waals surface area contributed by atoms with Gasteiger partial charge in [0.05, 0.1) is 0 Å². The molecule has 0 amide bonds. The van der Waals surface area contributed by atoms with Crippen molar-refractivity contribution in [1.29, 1.82) is 0 Å². The van der Waals surface area contributed by atoms with Gasteiger partial charge in [0.1, 0.15) is 0 Å². The molecular weight excluding hydrogens is 163 g/mol. The van der Waals surface area contributed by atoms with Crippen LogP contribution in [0.3, 0.4) is 0 Å². The molecule has 1 N–H and O–H groups in total. The standard InChI is InChI=1S/CHF3O3S.2Li.2H/c2-1(3,4)8(5,6)7;;;;/h(H,5,6,7);;;;. The molecule has 0 saturated carbocycles. The predicted octanol–water partition coefficient (Wildman–Crippen LogP) is -0.903. The van der Waals surface area contributed by atoms with Crippen molar-refractivity contribution in [1.82, 2.24) is 0 Å². The minimum atomic E-state index is -5.84. The molecule has 0 unspecified atom stereocenters. The predicted molar refractivity (Wildman–Crippen MR) is 31.9 cm³/mol. The summed E-state index contributed by atoms with van der Waals surface area (Å²) >= 11 is 0. The van der Waals surface area contributed by atoms with Crippen molar-refractivity contribution in [3.05, 3.63) is 0 Å². The molecule has 0 bridgehead atoms. The molecule has 0 aliphatic rings. The van der Waals surface area contributed by atoms with Crippen molar-refractivity contribution in [2.24, 2.45) is 0 Å². The SMILES string of the molecule is O=S(=O)(O)C(F)(F)F.[LiH].[LiH]. The molecule has 0 spiro atoms. The van der Waals surface area contributed by atoms with Gasteiger partial charge in [-0.05, 0) is 0 Å². The first-order valence-electron chi connectivity index (χ1n) is 1.29.